The first-order chi connectivity index (χ1) is 27.1. The van der Waals surface area contributed by atoms with Crippen LogP contribution in [0.5, 0.6) is 5.75 Å². The number of rotatable bonds is 15. The zero-order chi connectivity index (χ0) is 41.0. The number of ketones is 1. The maximum atomic E-state index is 14.2. The van der Waals surface area contributed by atoms with Gasteiger partial charge in [-0.1, -0.05) is 24.3 Å². The Labute approximate surface area is 325 Å². The molecule has 0 bridgehead atoms. The van der Waals surface area contributed by atoms with E-state index in [-0.39, 0.29) is 29.6 Å². The number of anilines is 1. The van der Waals surface area contributed by atoms with Crippen LogP contribution in [0.4, 0.5) is 23.2 Å². The lowest BCUT2D eigenvalue weighted by Crippen LogP contribution is -2.45. The lowest BCUT2D eigenvalue weighted by atomic mass is 9.99. The molecule has 1 atom stereocenters. The predicted molar refractivity (Wildman–Crippen MR) is 203 cm³/mol. The average molecular weight is 807 g/mol. The number of halogens is 4. The number of aromatic amines is 1. The van der Waals surface area contributed by atoms with Crippen molar-refractivity contribution in [3.63, 3.8) is 0 Å². The first kappa shape index (κ1) is 41.0. The number of hydrogen-bond acceptors (Lipinski definition) is 9. The molecule has 6 rings (SSSR count). The molecule has 0 saturated heterocycles. The molecule has 298 valence electrons. The minimum Gasteiger partial charge on any atom is -0.491 e. The van der Waals surface area contributed by atoms with Crippen molar-refractivity contribution in [3.05, 3.63) is 112 Å². The number of benzene rings is 4. The third-order valence-electron chi connectivity index (χ3n) is 9.44. The largest absolute Gasteiger partial charge is 0.491 e. The minimum atomic E-state index is -4.88. The monoisotopic (exact) mass is 806 g/mol. The number of alkyl halides is 3. The van der Waals surface area contributed by atoms with Crippen molar-refractivity contribution < 1.29 is 50.1 Å². The van der Waals surface area contributed by atoms with Crippen LogP contribution in [0, 0.1) is 17.1 Å². The molecular formula is C41H38F4N4O7S. The second-order valence-corrected chi connectivity index (χ2v) is 15.8. The summed E-state index contributed by atoms with van der Waals surface area (Å²) in [7, 11) is -4.24. The van der Waals surface area contributed by atoms with Crippen LogP contribution in [0.3, 0.4) is 0 Å². The van der Waals surface area contributed by atoms with E-state index < -0.39 is 50.2 Å². The molecule has 16 heteroatoms. The van der Waals surface area contributed by atoms with Gasteiger partial charge in [0.25, 0.3) is 5.91 Å². The van der Waals surface area contributed by atoms with E-state index in [2.05, 4.69) is 15.6 Å². The maximum Gasteiger partial charge on any atom is 0.417 e. The number of amides is 1. The Hall–Kier alpha value is -5.60. The van der Waals surface area contributed by atoms with Crippen molar-refractivity contribution >= 4 is 38.1 Å². The second-order valence-electron chi connectivity index (χ2n) is 13.8. The Bertz CT molecular complexity index is 2440. The first-order valence-corrected chi connectivity index (χ1v) is 19.6. The highest BCUT2D eigenvalue weighted by atomic mass is 32.2. The summed E-state index contributed by atoms with van der Waals surface area (Å²) in [5.41, 5.74) is 0.145. The van der Waals surface area contributed by atoms with Crippen LogP contribution >= 0.6 is 0 Å². The summed E-state index contributed by atoms with van der Waals surface area (Å²) in [6, 6.07) is 19.9. The standard InChI is InChI=1S/C41H38F4N4O7S/c1-40(52,39(51)48-29-10-9-27(22-46)34(21-29)41(43,44)45)24-57(53,54)31-13-11-30(12-14-31)56-18-17-55-16-15-47-23-25-5-7-26(8-6-25)38-32-3-2-4-36(50)33-19-28(42)20-35(49-38)37(32)33/h5-14,19-21,47,49,52H,2-4,15-18,23-24H2,1H3,(H,48,51)/t40-/m0/s1. The topological polar surface area (TPSA) is 171 Å². The van der Waals surface area contributed by atoms with E-state index in [4.69, 9.17) is 14.7 Å². The number of sulfone groups is 1. The van der Waals surface area contributed by atoms with Crippen molar-refractivity contribution in [2.24, 2.45) is 0 Å². The van der Waals surface area contributed by atoms with Gasteiger partial charge in [-0.3, -0.25) is 9.59 Å². The lowest BCUT2D eigenvalue weighted by Gasteiger charge is -2.22. The number of H-pyrrole nitrogens is 1. The van der Waals surface area contributed by atoms with Crippen LogP contribution in [0.15, 0.2) is 83.8 Å². The number of nitriles is 1. The van der Waals surface area contributed by atoms with Gasteiger partial charge in [0.2, 0.25) is 0 Å². The summed E-state index contributed by atoms with van der Waals surface area (Å²) in [5, 5.41) is 25.9. The van der Waals surface area contributed by atoms with Gasteiger partial charge in [0.05, 0.1) is 41.1 Å². The molecule has 4 aromatic carbocycles. The van der Waals surface area contributed by atoms with Gasteiger partial charge in [-0.25, -0.2) is 12.8 Å². The molecule has 5 aromatic rings. The van der Waals surface area contributed by atoms with Crippen LogP contribution in [-0.2, 0) is 38.5 Å². The van der Waals surface area contributed by atoms with Crippen LogP contribution in [-0.4, -0.2) is 67.9 Å². The fourth-order valence-electron chi connectivity index (χ4n) is 6.61. The van der Waals surface area contributed by atoms with Gasteiger partial charge in [0, 0.05) is 47.4 Å². The SMILES string of the molecule is C[C@](O)(CS(=O)(=O)c1ccc(OCCOCCNCc2ccc(-c3[nH]c4cc(F)cc5c4c3CCCC5=O)cc2)cc1)C(=O)Nc1ccc(C#N)c(C(F)(F)F)c1. The van der Waals surface area contributed by atoms with Crippen LogP contribution in [0.25, 0.3) is 22.2 Å². The summed E-state index contributed by atoms with van der Waals surface area (Å²) in [4.78, 5) is 28.4. The van der Waals surface area contributed by atoms with E-state index in [1.807, 2.05) is 24.3 Å². The van der Waals surface area contributed by atoms with Crippen molar-refractivity contribution in [2.75, 3.05) is 37.4 Å². The number of carbonyl (C=O) groups is 2. The molecule has 0 spiro atoms. The van der Waals surface area contributed by atoms with Crippen LogP contribution in [0.2, 0.25) is 0 Å². The Morgan fingerprint density at radius 2 is 1.72 bits per heavy atom. The lowest BCUT2D eigenvalue weighted by molar-refractivity contribution is -0.137. The number of Topliss-reactive ketones (excluding diaryl/α,β-unsaturated/α-hetero) is 1. The smallest absolute Gasteiger partial charge is 0.417 e. The van der Waals surface area contributed by atoms with E-state index in [0.29, 0.717) is 55.4 Å². The van der Waals surface area contributed by atoms with Crippen molar-refractivity contribution in [1.82, 2.24) is 10.3 Å². The number of aliphatic hydroxyl groups is 1. The van der Waals surface area contributed by atoms with Gasteiger partial charge in [0.15, 0.2) is 21.2 Å². The summed E-state index contributed by atoms with van der Waals surface area (Å²) in [6.07, 6.45) is -3.05. The molecule has 1 amide bonds. The molecule has 1 aliphatic carbocycles. The van der Waals surface area contributed by atoms with Gasteiger partial charge in [-0.2, -0.15) is 18.4 Å². The Morgan fingerprint density at radius 3 is 2.42 bits per heavy atom. The molecule has 1 aliphatic rings. The predicted octanol–water partition coefficient (Wildman–Crippen LogP) is 6.73. The van der Waals surface area contributed by atoms with Crippen LogP contribution < -0.4 is 15.4 Å². The molecule has 11 nitrogen and oxygen atoms in total. The molecule has 1 heterocycles. The quantitative estimate of drug-likeness (QED) is 0.0662. The number of aryl methyl sites for hydroxylation is 1. The van der Waals surface area contributed by atoms with Crippen molar-refractivity contribution in [1.29, 1.82) is 5.26 Å². The van der Waals surface area contributed by atoms with E-state index in [1.165, 1.54) is 42.5 Å². The highest BCUT2D eigenvalue weighted by molar-refractivity contribution is 7.91. The summed E-state index contributed by atoms with van der Waals surface area (Å²) >= 11 is 0. The molecule has 4 N–H and O–H groups in total. The number of aromatic nitrogens is 1. The minimum absolute atomic E-state index is 0.0378. The molecule has 0 unspecified atom stereocenters. The normalized spacial score (nSPS) is 14.2. The molecule has 57 heavy (non-hydrogen) atoms. The summed E-state index contributed by atoms with van der Waals surface area (Å²) in [6.45, 7) is 2.91. The Balaban J connectivity index is 0.914. The number of carbonyl (C=O) groups excluding carboxylic acids is 2. The third-order valence-corrected chi connectivity index (χ3v) is 11.4. The Kier molecular flexibility index (Phi) is 12.1. The van der Waals surface area contributed by atoms with Gasteiger partial charge in [0.1, 0.15) is 18.2 Å². The maximum absolute atomic E-state index is 14.2. The molecule has 0 fully saturated rings. The van der Waals surface area contributed by atoms with E-state index in [9.17, 15) is 40.7 Å². The first-order valence-electron chi connectivity index (χ1n) is 17.9. The van der Waals surface area contributed by atoms with E-state index >= 15 is 0 Å². The average Bonchev–Trinajstić information content (AvgIpc) is 3.43. The van der Waals surface area contributed by atoms with Gasteiger partial charge in [-0.15, -0.1) is 0 Å². The zero-order valence-corrected chi connectivity index (χ0v) is 31.5. The van der Waals surface area contributed by atoms with Crippen molar-refractivity contribution in [2.45, 2.75) is 49.4 Å². The zero-order valence-electron chi connectivity index (χ0n) is 30.6. The fraction of sp³-hybridized carbons (Fsp3) is 0.293. The van der Waals surface area contributed by atoms with Gasteiger partial charge >= 0.3 is 6.18 Å². The van der Waals surface area contributed by atoms with Crippen molar-refractivity contribution in [3.8, 4) is 23.1 Å². The molecular weight excluding hydrogens is 769 g/mol. The second kappa shape index (κ2) is 16.9. The highest BCUT2D eigenvalue weighted by Gasteiger charge is 2.38. The number of ether oxygens (including phenoxy) is 2. The number of hydrogen-bond donors (Lipinski definition) is 4. The summed E-state index contributed by atoms with van der Waals surface area (Å²) in [5.74, 6) is -2.45. The van der Waals surface area contributed by atoms with Gasteiger partial charge in [-0.05, 0) is 91.1 Å². The molecule has 0 radical (unpaired) electrons. The third kappa shape index (κ3) is 9.69. The number of nitrogens with one attached hydrogen (secondary N) is 3. The van der Waals surface area contributed by atoms with Gasteiger partial charge < -0.3 is 30.2 Å². The fourth-order valence-corrected chi connectivity index (χ4v) is 8.20. The van der Waals surface area contributed by atoms with E-state index in [0.717, 1.165) is 53.2 Å². The molecule has 1 aromatic heterocycles. The van der Waals surface area contributed by atoms with Crippen LogP contribution in [0.1, 0.15) is 52.4 Å². The number of nitrogens with zero attached hydrogens (tertiary/aromatic N) is 1. The Morgan fingerprint density at radius 1 is 0.982 bits per heavy atom. The molecule has 0 aliphatic heterocycles. The van der Waals surface area contributed by atoms with E-state index in [1.54, 1.807) is 0 Å². The highest BCUT2D eigenvalue weighted by Crippen LogP contribution is 2.37. The summed E-state index contributed by atoms with van der Waals surface area (Å²) < 4.78 is 91.4. The molecule has 0 saturated carbocycles.